The molecule has 1 aromatic carbocycles. The first-order valence-electron chi connectivity index (χ1n) is 7.68. The number of unbranched alkanes of at least 4 members (excludes halogenated alkanes) is 1. The second kappa shape index (κ2) is 6.82. The van der Waals surface area contributed by atoms with Gasteiger partial charge in [-0.1, -0.05) is 57.7 Å². The van der Waals surface area contributed by atoms with Crippen LogP contribution in [0.4, 0.5) is 5.69 Å². The number of fused-ring (bicyclic) bond motifs is 1. The minimum absolute atomic E-state index is 0.782. The summed E-state index contributed by atoms with van der Waals surface area (Å²) in [4.78, 5) is 0. The Kier molecular flexibility index (Phi) is 5.10. The molecule has 1 N–H and O–H groups in total. The lowest BCUT2D eigenvalue weighted by Crippen LogP contribution is -2.19. The fourth-order valence-corrected chi connectivity index (χ4v) is 3.18. The zero-order valence-electron chi connectivity index (χ0n) is 11.9. The summed E-state index contributed by atoms with van der Waals surface area (Å²) < 4.78 is 0. The minimum Gasteiger partial charge on any atom is -0.385 e. The molecular weight excluding hydrogens is 218 g/mol. The Balaban J connectivity index is 2.01. The van der Waals surface area contributed by atoms with E-state index in [1.54, 1.807) is 5.56 Å². The zero-order valence-corrected chi connectivity index (χ0v) is 11.9. The summed E-state index contributed by atoms with van der Waals surface area (Å²) in [6.45, 7) is 5.80. The maximum absolute atomic E-state index is 3.53. The van der Waals surface area contributed by atoms with Gasteiger partial charge in [0, 0.05) is 12.2 Å². The highest BCUT2D eigenvalue weighted by Crippen LogP contribution is 2.37. The van der Waals surface area contributed by atoms with Gasteiger partial charge in [0.05, 0.1) is 0 Å². The Morgan fingerprint density at radius 3 is 2.89 bits per heavy atom. The van der Waals surface area contributed by atoms with Crippen molar-refractivity contribution in [2.75, 3.05) is 11.9 Å². The van der Waals surface area contributed by atoms with Gasteiger partial charge in [-0.3, -0.25) is 0 Å². The van der Waals surface area contributed by atoms with Crippen molar-refractivity contribution in [3.8, 4) is 0 Å². The highest BCUT2D eigenvalue weighted by atomic mass is 14.9. The number of anilines is 1. The summed E-state index contributed by atoms with van der Waals surface area (Å²) in [5, 5.41) is 3.53. The lowest BCUT2D eigenvalue weighted by Gasteiger charge is -2.29. The molecular formula is C17H27N. The van der Waals surface area contributed by atoms with Crippen molar-refractivity contribution in [2.24, 2.45) is 5.92 Å². The van der Waals surface area contributed by atoms with Crippen LogP contribution >= 0.6 is 0 Å². The van der Waals surface area contributed by atoms with Crippen LogP contribution in [0.15, 0.2) is 24.3 Å². The average Bonchev–Trinajstić information content (AvgIpc) is 2.43. The van der Waals surface area contributed by atoms with Crippen LogP contribution in [-0.4, -0.2) is 6.54 Å². The van der Waals surface area contributed by atoms with Gasteiger partial charge in [0.25, 0.3) is 0 Å². The van der Waals surface area contributed by atoms with Crippen molar-refractivity contribution in [2.45, 2.75) is 58.3 Å². The van der Waals surface area contributed by atoms with E-state index in [4.69, 9.17) is 0 Å². The largest absolute Gasteiger partial charge is 0.385 e. The van der Waals surface area contributed by atoms with E-state index >= 15 is 0 Å². The number of rotatable bonds is 6. The molecule has 1 heteroatoms. The summed E-state index contributed by atoms with van der Waals surface area (Å²) in [7, 11) is 0. The number of benzene rings is 1. The monoisotopic (exact) mass is 245 g/mol. The van der Waals surface area contributed by atoms with Gasteiger partial charge in [-0.2, -0.15) is 0 Å². The molecule has 18 heavy (non-hydrogen) atoms. The molecule has 2 atom stereocenters. The van der Waals surface area contributed by atoms with E-state index < -0.39 is 0 Å². The summed E-state index contributed by atoms with van der Waals surface area (Å²) in [5.41, 5.74) is 2.93. The molecule has 1 aliphatic heterocycles. The summed E-state index contributed by atoms with van der Waals surface area (Å²) in [6.07, 6.45) is 8.17. The molecule has 0 bridgehead atoms. The van der Waals surface area contributed by atoms with Crippen LogP contribution in [0.5, 0.6) is 0 Å². The van der Waals surface area contributed by atoms with E-state index in [0.717, 1.165) is 18.4 Å². The van der Waals surface area contributed by atoms with E-state index in [1.165, 1.54) is 44.2 Å². The van der Waals surface area contributed by atoms with Gasteiger partial charge >= 0.3 is 0 Å². The molecule has 1 heterocycles. The molecule has 0 aromatic heterocycles. The van der Waals surface area contributed by atoms with Crippen LogP contribution in [-0.2, 0) is 0 Å². The molecule has 1 nitrogen and oxygen atoms in total. The lowest BCUT2D eigenvalue weighted by atomic mass is 9.81. The smallest absolute Gasteiger partial charge is 0.0375 e. The Bertz CT molecular complexity index is 358. The predicted molar refractivity (Wildman–Crippen MR) is 80.2 cm³/mol. The molecule has 0 amide bonds. The van der Waals surface area contributed by atoms with Crippen molar-refractivity contribution in [3.63, 3.8) is 0 Å². The van der Waals surface area contributed by atoms with Crippen molar-refractivity contribution in [1.29, 1.82) is 0 Å². The van der Waals surface area contributed by atoms with Gasteiger partial charge < -0.3 is 5.32 Å². The Morgan fingerprint density at radius 1 is 1.28 bits per heavy atom. The number of hydrogen-bond donors (Lipinski definition) is 1. The maximum Gasteiger partial charge on any atom is 0.0375 e. The predicted octanol–water partition coefficient (Wildman–Crippen LogP) is 5.19. The molecule has 0 aliphatic carbocycles. The molecule has 0 radical (unpaired) electrons. The van der Waals surface area contributed by atoms with E-state index in [-0.39, 0.29) is 0 Å². The van der Waals surface area contributed by atoms with Crippen LogP contribution in [0, 0.1) is 5.92 Å². The number of para-hydroxylation sites is 1. The van der Waals surface area contributed by atoms with E-state index in [9.17, 15) is 0 Å². The standard InChI is InChI=1S/C17H27N/c1-3-5-8-14(4-2)13-15-11-12-18-17-10-7-6-9-16(15)17/h6-7,9-10,14-15,18H,3-5,8,11-13H2,1-2H3. The third kappa shape index (κ3) is 3.28. The maximum atomic E-state index is 3.53. The topological polar surface area (TPSA) is 12.0 Å². The molecule has 0 fully saturated rings. The molecule has 0 saturated carbocycles. The van der Waals surface area contributed by atoms with Crippen LogP contribution in [0.2, 0.25) is 0 Å². The van der Waals surface area contributed by atoms with Crippen molar-refractivity contribution in [3.05, 3.63) is 29.8 Å². The van der Waals surface area contributed by atoms with Crippen molar-refractivity contribution < 1.29 is 0 Å². The van der Waals surface area contributed by atoms with E-state index in [1.807, 2.05) is 0 Å². The summed E-state index contributed by atoms with van der Waals surface area (Å²) >= 11 is 0. The Morgan fingerprint density at radius 2 is 2.11 bits per heavy atom. The third-order valence-corrected chi connectivity index (χ3v) is 4.37. The molecule has 2 rings (SSSR count). The highest BCUT2D eigenvalue weighted by Gasteiger charge is 2.22. The zero-order chi connectivity index (χ0) is 12.8. The van der Waals surface area contributed by atoms with Gasteiger partial charge in [0.1, 0.15) is 0 Å². The van der Waals surface area contributed by atoms with Gasteiger partial charge in [0.15, 0.2) is 0 Å². The average molecular weight is 245 g/mol. The lowest BCUT2D eigenvalue weighted by molar-refractivity contribution is 0.376. The second-order valence-electron chi connectivity index (χ2n) is 5.65. The van der Waals surface area contributed by atoms with Crippen LogP contribution in [0.3, 0.4) is 0 Å². The van der Waals surface area contributed by atoms with Gasteiger partial charge in [-0.15, -0.1) is 0 Å². The third-order valence-electron chi connectivity index (χ3n) is 4.37. The van der Waals surface area contributed by atoms with Crippen molar-refractivity contribution in [1.82, 2.24) is 0 Å². The fraction of sp³-hybridized carbons (Fsp3) is 0.647. The highest BCUT2D eigenvalue weighted by molar-refractivity contribution is 5.54. The quantitative estimate of drug-likeness (QED) is 0.727. The Labute approximate surface area is 112 Å². The van der Waals surface area contributed by atoms with E-state index in [0.29, 0.717) is 0 Å². The Hall–Kier alpha value is -0.980. The fourth-order valence-electron chi connectivity index (χ4n) is 3.18. The molecule has 100 valence electrons. The van der Waals surface area contributed by atoms with Gasteiger partial charge in [-0.25, -0.2) is 0 Å². The van der Waals surface area contributed by atoms with Crippen LogP contribution in [0.1, 0.15) is 63.9 Å². The first-order valence-corrected chi connectivity index (χ1v) is 7.68. The first-order chi connectivity index (χ1) is 8.85. The van der Waals surface area contributed by atoms with Gasteiger partial charge in [0.2, 0.25) is 0 Å². The first kappa shape index (κ1) is 13.5. The normalized spacial score (nSPS) is 20.0. The summed E-state index contributed by atoms with van der Waals surface area (Å²) in [6, 6.07) is 8.88. The summed E-state index contributed by atoms with van der Waals surface area (Å²) in [5.74, 6) is 1.70. The molecule has 1 aromatic rings. The molecule has 0 saturated heterocycles. The van der Waals surface area contributed by atoms with Crippen LogP contribution < -0.4 is 5.32 Å². The molecule has 0 spiro atoms. The van der Waals surface area contributed by atoms with E-state index in [2.05, 4.69) is 43.4 Å². The molecule has 2 unspecified atom stereocenters. The number of hydrogen-bond acceptors (Lipinski definition) is 1. The van der Waals surface area contributed by atoms with Gasteiger partial charge in [-0.05, 0) is 36.3 Å². The SMILES string of the molecule is CCCCC(CC)CC1CCNc2ccccc21. The van der Waals surface area contributed by atoms with Crippen molar-refractivity contribution >= 4 is 5.69 Å². The van der Waals surface area contributed by atoms with Crippen LogP contribution in [0.25, 0.3) is 0 Å². The molecule has 1 aliphatic rings. The number of nitrogens with one attached hydrogen (secondary N) is 1. The minimum atomic E-state index is 0.782. The second-order valence-corrected chi connectivity index (χ2v) is 5.65.